The molecule has 0 saturated carbocycles. The van der Waals surface area contributed by atoms with E-state index < -0.39 is 30.8 Å². The SMILES string of the molecule is CC(NC(=O)CNC(=O)[C@@H]1CCN1c1ncc(F)cn1)B(O)O. The zero-order valence-corrected chi connectivity index (χ0v) is 12.4. The molecule has 124 valence electrons. The van der Waals surface area contributed by atoms with E-state index in [-0.39, 0.29) is 18.4 Å². The largest absolute Gasteiger partial charge is 0.475 e. The lowest BCUT2D eigenvalue weighted by atomic mass is 9.81. The highest BCUT2D eigenvalue weighted by Gasteiger charge is 2.36. The van der Waals surface area contributed by atoms with Gasteiger partial charge < -0.3 is 25.6 Å². The number of nitrogens with zero attached hydrogens (tertiary/aromatic N) is 3. The Kier molecular flexibility index (Phi) is 5.45. The molecule has 11 heteroatoms. The summed E-state index contributed by atoms with van der Waals surface area (Å²) in [5, 5.41) is 22.5. The van der Waals surface area contributed by atoms with Crippen LogP contribution in [-0.4, -0.2) is 64.0 Å². The second-order valence-corrected chi connectivity index (χ2v) is 5.19. The molecule has 0 bridgehead atoms. The van der Waals surface area contributed by atoms with Crippen molar-refractivity contribution >= 4 is 24.9 Å². The van der Waals surface area contributed by atoms with Crippen molar-refractivity contribution in [3.63, 3.8) is 0 Å². The smallest absolute Gasteiger partial charge is 0.426 e. The quantitative estimate of drug-likeness (QED) is 0.438. The van der Waals surface area contributed by atoms with Crippen LogP contribution in [0.4, 0.5) is 10.3 Å². The maximum Gasteiger partial charge on any atom is 0.475 e. The number of halogens is 1. The van der Waals surface area contributed by atoms with Crippen molar-refractivity contribution in [3.8, 4) is 0 Å². The van der Waals surface area contributed by atoms with Gasteiger partial charge in [-0.15, -0.1) is 0 Å². The summed E-state index contributed by atoms with van der Waals surface area (Å²) in [5.41, 5.74) is 0. The van der Waals surface area contributed by atoms with Crippen molar-refractivity contribution < 1.29 is 24.0 Å². The first-order valence-electron chi connectivity index (χ1n) is 7.06. The van der Waals surface area contributed by atoms with Crippen molar-refractivity contribution in [1.82, 2.24) is 20.6 Å². The highest BCUT2D eigenvalue weighted by Crippen LogP contribution is 2.22. The van der Waals surface area contributed by atoms with Crippen molar-refractivity contribution in [3.05, 3.63) is 18.2 Å². The number of rotatable bonds is 6. The van der Waals surface area contributed by atoms with Gasteiger partial charge in [0, 0.05) is 6.54 Å². The minimum absolute atomic E-state index is 0.249. The van der Waals surface area contributed by atoms with Crippen LogP contribution in [0.2, 0.25) is 0 Å². The Morgan fingerprint density at radius 1 is 1.48 bits per heavy atom. The third-order valence-electron chi connectivity index (χ3n) is 3.44. The van der Waals surface area contributed by atoms with Gasteiger partial charge in [-0.3, -0.25) is 9.59 Å². The highest BCUT2D eigenvalue weighted by atomic mass is 19.1. The fourth-order valence-corrected chi connectivity index (χ4v) is 2.02. The molecule has 2 atom stereocenters. The Labute approximate surface area is 132 Å². The molecule has 1 aliphatic heterocycles. The zero-order valence-electron chi connectivity index (χ0n) is 12.4. The van der Waals surface area contributed by atoms with Gasteiger partial charge >= 0.3 is 7.12 Å². The fourth-order valence-electron chi connectivity index (χ4n) is 2.02. The Bertz CT molecular complexity index is 573. The van der Waals surface area contributed by atoms with Crippen LogP contribution in [0.15, 0.2) is 12.4 Å². The summed E-state index contributed by atoms with van der Waals surface area (Å²) in [6.45, 7) is 1.69. The first-order valence-corrected chi connectivity index (χ1v) is 7.06. The van der Waals surface area contributed by atoms with E-state index >= 15 is 0 Å². The zero-order chi connectivity index (χ0) is 17.0. The van der Waals surface area contributed by atoms with Gasteiger partial charge in [-0.25, -0.2) is 14.4 Å². The Morgan fingerprint density at radius 2 is 2.13 bits per heavy atom. The lowest BCUT2D eigenvalue weighted by Gasteiger charge is -2.39. The Hall–Kier alpha value is -2.27. The highest BCUT2D eigenvalue weighted by molar-refractivity contribution is 6.43. The molecule has 1 aromatic heterocycles. The fraction of sp³-hybridized carbons (Fsp3) is 0.500. The molecule has 0 spiro atoms. The molecule has 1 saturated heterocycles. The van der Waals surface area contributed by atoms with E-state index in [1.165, 1.54) is 6.92 Å². The van der Waals surface area contributed by atoms with Crippen LogP contribution in [0.25, 0.3) is 0 Å². The number of nitrogens with one attached hydrogen (secondary N) is 2. The van der Waals surface area contributed by atoms with Gasteiger partial charge in [-0.1, -0.05) is 0 Å². The summed E-state index contributed by atoms with van der Waals surface area (Å²) in [4.78, 5) is 32.8. The lowest BCUT2D eigenvalue weighted by molar-refractivity contribution is -0.127. The topological polar surface area (TPSA) is 128 Å². The van der Waals surface area contributed by atoms with E-state index in [1.54, 1.807) is 4.90 Å². The Balaban J connectivity index is 1.82. The molecule has 9 nitrogen and oxygen atoms in total. The van der Waals surface area contributed by atoms with Gasteiger partial charge in [0.25, 0.3) is 0 Å². The van der Waals surface area contributed by atoms with Crippen molar-refractivity contribution in [1.29, 1.82) is 0 Å². The maximum absolute atomic E-state index is 12.8. The average Bonchev–Trinajstić information content (AvgIpc) is 2.46. The summed E-state index contributed by atoms with van der Waals surface area (Å²) in [7, 11) is -1.67. The predicted molar refractivity (Wildman–Crippen MR) is 78.5 cm³/mol. The van der Waals surface area contributed by atoms with Crippen LogP contribution in [0.5, 0.6) is 0 Å². The van der Waals surface area contributed by atoms with Gasteiger partial charge in [0.05, 0.1) is 24.9 Å². The molecule has 4 N–H and O–H groups in total. The standard InChI is InChI=1S/C12H17BFN5O4/c1-7(13(22)23)18-10(20)6-15-11(21)9-2-3-19(9)12-16-4-8(14)5-17-12/h4-5,7,9,22-23H,2-3,6H2,1H3,(H,15,21)(H,18,20)/t7?,9-/m0/s1. The van der Waals surface area contributed by atoms with E-state index in [0.29, 0.717) is 13.0 Å². The lowest BCUT2D eigenvalue weighted by Crippen LogP contribution is -2.58. The summed E-state index contributed by atoms with van der Waals surface area (Å²) >= 11 is 0. The van der Waals surface area contributed by atoms with Gasteiger partial charge in [-0.2, -0.15) is 0 Å². The first kappa shape index (κ1) is 17.1. The summed E-state index contributed by atoms with van der Waals surface area (Å²) in [6.07, 6.45) is 2.61. The molecule has 23 heavy (non-hydrogen) atoms. The molecule has 0 aromatic carbocycles. The summed E-state index contributed by atoms with van der Waals surface area (Å²) in [6, 6.07) is -0.519. The van der Waals surface area contributed by atoms with E-state index in [2.05, 4.69) is 20.6 Å². The molecule has 2 amide bonds. The van der Waals surface area contributed by atoms with E-state index in [0.717, 1.165) is 12.4 Å². The molecule has 1 aromatic rings. The predicted octanol–water partition coefficient (Wildman–Crippen LogP) is -2.17. The minimum atomic E-state index is -1.67. The number of carbonyl (C=O) groups is 2. The molecule has 0 radical (unpaired) electrons. The molecule has 2 rings (SSSR count). The van der Waals surface area contributed by atoms with Crippen LogP contribution < -0.4 is 15.5 Å². The van der Waals surface area contributed by atoms with Gasteiger partial charge in [-0.05, 0) is 13.3 Å². The second-order valence-electron chi connectivity index (χ2n) is 5.19. The van der Waals surface area contributed by atoms with Crippen LogP contribution in [0, 0.1) is 5.82 Å². The number of anilines is 1. The van der Waals surface area contributed by atoms with Gasteiger partial charge in [0.15, 0.2) is 5.82 Å². The summed E-state index contributed by atoms with van der Waals surface area (Å²) < 4.78 is 12.8. The molecule has 1 fully saturated rings. The Morgan fingerprint density at radius 3 is 2.65 bits per heavy atom. The minimum Gasteiger partial charge on any atom is -0.426 e. The third-order valence-corrected chi connectivity index (χ3v) is 3.44. The average molecular weight is 325 g/mol. The van der Waals surface area contributed by atoms with Crippen LogP contribution in [0.3, 0.4) is 0 Å². The molecule has 0 aliphatic carbocycles. The number of carbonyl (C=O) groups excluding carboxylic acids is 2. The van der Waals surface area contributed by atoms with Crippen molar-refractivity contribution in [2.24, 2.45) is 0 Å². The number of hydrogen-bond donors (Lipinski definition) is 4. The molecule has 1 aliphatic rings. The van der Waals surface area contributed by atoms with Crippen molar-refractivity contribution in [2.45, 2.75) is 25.3 Å². The second kappa shape index (κ2) is 7.33. The maximum atomic E-state index is 12.8. The monoisotopic (exact) mass is 325 g/mol. The van der Waals surface area contributed by atoms with Gasteiger partial charge in [0.2, 0.25) is 17.8 Å². The molecular formula is C12H17BFN5O4. The molecular weight excluding hydrogens is 308 g/mol. The van der Waals surface area contributed by atoms with E-state index in [9.17, 15) is 14.0 Å². The van der Waals surface area contributed by atoms with Gasteiger partial charge in [0.1, 0.15) is 6.04 Å². The van der Waals surface area contributed by atoms with E-state index in [1.807, 2.05) is 0 Å². The molecule has 1 unspecified atom stereocenters. The third kappa shape index (κ3) is 4.36. The normalized spacial score (nSPS) is 17.9. The number of aromatic nitrogens is 2. The van der Waals surface area contributed by atoms with Crippen LogP contribution in [0.1, 0.15) is 13.3 Å². The van der Waals surface area contributed by atoms with Crippen LogP contribution in [-0.2, 0) is 9.59 Å². The summed E-state index contributed by atoms with van der Waals surface area (Å²) in [5.74, 6) is -2.07. The van der Waals surface area contributed by atoms with E-state index in [4.69, 9.17) is 10.0 Å². The number of hydrogen-bond acceptors (Lipinski definition) is 7. The van der Waals surface area contributed by atoms with Crippen LogP contribution >= 0.6 is 0 Å². The number of amides is 2. The van der Waals surface area contributed by atoms with Crippen molar-refractivity contribution in [2.75, 3.05) is 18.0 Å². The molecule has 2 heterocycles. The first-order chi connectivity index (χ1) is 10.9.